The number of anilines is 1. The predicted octanol–water partition coefficient (Wildman–Crippen LogP) is 2.32. The van der Waals surface area contributed by atoms with Crippen LogP contribution < -0.4 is 9.46 Å². The molecular weight excluding hydrogens is 324 g/mol. The Morgan fingerprint density at radius 3 is 2.39 bits per heavy atom. The van der Waals surface area contributed by atoms with Crippen molar-refractivity contribution in [1.82, 2.24) is 0 Å². The number of hydrogen-bond acceptors (Lipinski definition) is 6. The number of sulfonamides is 1. The zero-order chi connectivity index (χ0) is 17.0. The van der Waals surface area contributed by atoms with Crippen LogP contribution in [0.15, 0.2) is 53.4 Å². The van der Waals surface area contributed by atoms with E-state index in [9.17, 15) is 23.3 Å². The van der Waals surface area contributed by atoms with Gasteiger partial charge in [-0.1, -0.05) is 6.07 Å². The van der Waals surface area contributed by atoms with E-state index in [0.29, 0.717) is 0 Å². The van der Waals surface area contributed by atoms with Gasteiger partial charge in [0.25, 0.3) is 15.7 Å². The standard InChI is InChI=1S/C14H12N2O6S/c1-10(17)22-13-7-5-11(6-8-13)15-23(20,21)14-4-2-3-12(9-14)16(18)19/h2-9,15H,1H3. The molecule has 0 radical (unpaired) electrons. The summed E-state index contributed by atoms with van der Waals surface area (Å²) in [5.41, 5.74) is -0.0921. The third-order valence-electron chi connectivity index (χ3n) is 2.71. The number of nitro benzene ring substituents is 1. The molecule has 0 fully saturated rings. The lowest BCUT2D eigenvalue weighted by Gasteiger charge is -2.08. The maximum Gasteiger partial charge on any atom is 0.308 e. The SMILES string of the molecule is CC(=O)Oc1ccc(NS(=O)(=O)c2cccc([N+](=O)[O-])c2)cc1. The number of carbonyl (C=O) groups excluding carboxylic acids is 1. The van der Waals surface area contributed by atoms with E-state index in [4.69, 9.17) is 4.74 Å². The molecule has 9 heteroatoms. The number of carbonyl (C=O) groups is 1. The van der Waals surface area contributed by atoms with Crippen LogP contribution in [0.2, 0.25) is 0 Å². The maximum absolute atomic E-state index is 12.2. The van der Waals surface area contributed by atoms with Crippen LogP contribution in [-0.4, -0.2) is 19.3 Å². The molecule has 120 valence electrons. The Morgan fingerprint density at radius 2 is 1.83 bits per heavy atom. The van der Waals surface area contributed by atoms with Gasteiger partial charge in [-0.05, 0) is 30.3 Å². The Hall–Kier alpha value is -2.94. The molecule has 0 bridgehead atoms. The van der Waals surface area contributed by atoms with E-state index in [-0.39, 0.29) is 22.0 Å². The number of benzene rings is 2. The Labute approximate surface area is 131 Å². The number of esters is 1. The molecule has 0 amide bonds. The molecule has 0 spiro atoms. The molecule has 0 aliphatic rings. The largest absolute Gasteiger partial charge is 0.427 e. The average molecular weight is 336 g/mol. The van der Waals surface area contributed by atoms with Crippen LogP contribution in [0.3, 0.4) is 0 Å². The minimum Gasteiger partial charge on any atom is -0.427 e. The highest BCUT2D eigenvalue weighted by molar-refractivity contribution is 7.92. The van der Waals surface area contributed by atoms with Crippen LogP contribution in [0.25, 0.3) is 0 Å². The van der Waals surface area contributed by atoms with Gasteiger partial charge in [-0.25, -0.2) is 8.42 Å². The lowest BCUT2D eigenvalue weighted by atomic mass is 10.3. The summed E-state index contributed by atoms with van der Waals surface area (Å²) in [7, 11) is -3.97. The molecule has 0 heterocycles. The monoisotopic (exact) mass is 336 g/mol. The van der Waals surface area contributed by atoms with Gasteiger partial charge in [0.2, 0.25) is 0 Å². The van der Waals surface area contributed by atoms with Crippen LogP contribution >= 0.6 is 0 Å². The molecular formula is C14H12N2O6S. The first-order valence-electron chi connectivity index (χ1n) is 6.34. The normalized spacial score (nSPS) is 10.8. The van der Waals surface area contributed by atoms with E-state index in [0.717, 1.165) is 6.07 Å². The van der Waals surface area contributed by atoms with Gasteiger partial charge >= 0.3 is 5.97 Å². The number of nitrogens with zero attached hydrogens (tertiary/aromatic N) is 1. The Bertz CT molecular complexity index is 846. The van der Waals surface area contributed by atoms with Gasteiger partial charge in [-0.2, -0.15) is 0 Å². The molecule has 0 saturated carbocycles. The van der Waals surface area contributed by atoms with E-state index >= 15 is 0 Å². The van der Waals surface area contributed by atoms with Gasteiger partial charge in [0.1, 0.15) is 5.75 Å². The first-order chi connectivity index (χ1) is 10.8. The summed E-state index contributed by atoms with van der Waals surface area (Å²) in [5.74, 6) is -0.217. The first-order valence-corrected chi connectivity index (χ1v) is 7.82. The van der Waals surface area contributed by atoms with Crippen molar-refractivity contribution in [2.75, 3.05) is 4.72 Å². The van der Waals surface area contributed by atoms with Crippen LogP contribution in [-0.2, 0) is 14.8 Å². The van der Waals surface area contributed by atoms with Crippen LogP contribution in [0, 0.1) is 10.1 Å². The van der Waals surface area contributed by atoms with Gasteiger partial charge in [0.15, 0.2) is 0 Å². The third kappa shape index (κ3) is 4.27. The zero-order valence-corrected chi connectivity index (χ0v) is 12.7. The fourth-order valence-electron chi connectivity index (χ4n) is 1.74. The fourth-order valence-corrected chi connectivity index (χ4v) is 2.83. The highest BCUT2D eigenvalue weighted by Crippen LogP contribution is 2.22. The summed E-state index contributed by atoms with van der Waals surface area (Å²) in [6.07, 6.45) is 0. The van der Waals surface area contributed by atoms with Crippen molar-refractivity contribution in [3.8, 4) is 5.75 Å². The zero-order valence-electron chi connectivity index (χ0n) is 11.9. The topological polar surface area (TPSA) is 116 Å². The van der Waals surface area contributed by atoms with E-state index in [1.807, 2.05) is 0 Å². The molecule has 8 nitrogen and oxygen atoms in total. The summed E-state index contributed by atoms with van der Waals surface area (Å²) in [4.78, 5) is 20.6. The number of hydrogen-bond donors (Lipinski definition) is 1. The number of ether oxygens (including phenoxy) is 1. The highest BCUT2D eigenvalue weighted by Gasteiger charge is 2.17. The molecule has 2 aromatic carbocycles. The minimum atomic E-state index is -3.97. The predicted molar refractivity (Wildman–Crippen MR) is 81.7 cm³/mol. The van der Waals surface area contributed by atoms with Crippen LogP contribution in [0.1, 0.15) is 6.92 Å². The second kappa shape index (κ2) is 6.44. The summed E-state index contributed by atoms with van der Waals surface area (Å²) in [6.45, 7) is 1.25. The lowest BCUT2D eigenvalue weighted by Crippen LogP contribution is -2.13. The van der Waals surface area contributed by atoms with Crippen LogP contribution in [0.5, 0.6) is 5.75 Å². The Kier molecular flexibility index (Phi) is 4.60. The van der Waals surface area contributed by atoms with E-state index in [1.165, 1.54) is 49.4 Å². The molecule has 23 heavy (non-hydrogen) atoms. The fraction of sp³-hybridized carbons (Fsp3) is 0.0714. The number of rotatable bonds is 5. The molecule has 0 atom stereocenters. The maximum atomic E-state index is 12.2. The Morgan fingerprint density at radius 1 is 1.17 bits per heavy atom. The van der Waals surface area contributed by atoms with Gasteiger partial charge in [-0.3, -0.25) is 19.6 Å². The third-order valence-corrected chi connectivity index (χ3v) is 4.09. The Balaban J connectivity index is 2.22. The smallest absolute Gasteiger partial charge is 0.308 e. The average Bonchev–Trinajstić information content (AvgIpc) is 2.48. The molecule has 2 rings (SSSR count). The summed E-state index contributed by atoms with van der Waals surface area (Å²) < 4.78 is 31.6. The molecule has 0 aliphatic heterocycles. The molecule has 2 aromatic rings. The van der Waals surface area contributed by atoms with Crippen molar-refractivity contribution in [3.63, 3.8) is 0 Å². The number of non-ortho nitro benzene ring substituents is 1. The summed E-state index contributed by atoms with van der Waals surface area (Å²) in [5, 5.41) is 10.7. The van der Waals surface area contributed by atoms with Crippen molar-refractivity contribution in [2.45, 2.75) is 11.8 Å². The van der Waals surface area contributed by atoms with E-state index < -0.39 is 20.9 Å². The quantitative estimate of drug-likeness (QED) is 0.388. The van der Waals surface area contributed by atoms with Crippen molar-refractivity contribution in [2.24, 2.45) is 0 Å². The summed E-state index contributed by atoms with van der Waals surface area (Å²) in [6, 6.07) is 10.4. The van der Waals surface area contributed by atoms with E-state index in [1.54, 1.807) is 0 Å². The van der Waals surface area contributed by atoms with Gasteiger partial charge in [0.05, 0.1) is 9.82 Å². The second-order valence-electron chi connectivity index (χ2n) is 4.48. The van der Waals surface area contributed by atoms with Crippen LogP contribution in [0.4, 0.5) is 11.4 Å². The molecule has 0 aromatic heterocycles. The van der Waals surface area contributed by atoms with Crippen molar-refractivity contribution in [1.29, 1.82) is 0 Å². The second-order valence-corrected chi connectivity index (χ2v) is 6.16. The molecule has 0 saturated heterocycles. The first kappa shape index (κ1) is 16.4. The van der Waals surface area contributed by atoms with Gasteiger partial charge in [0, 0.05) is 24.7 Å². The highest BCUT2D eigenvalue weighted by atomic mass is 32.2. The van der Waals surface area contributed by atoms with Crippen molar-refractivity contribution < 1.29 is 22.9 Å². The van der Waals surface area contributed by atoms with E-state index in [2.05, 4.69) is 4.72 Å². The number of nitro groups is 1. The molecule has 0 unspecified atom stereocenters. The van der Waals surface area contributed by atoms with Gasteiger partial charge < -0.3 is 4.74 Å². The molecule has 1 N–H and O–H groups in total. The number of nitrogens with one attached hydrogen (secondary N) is 1. The van der Waals surface area contributed by atoms with Crippen molar-refractivity contribution >= 4 is 27.4 Å². The van der Waals surface area contributed by atoms with Gasteiger partial charge in [-0.15, -0.1) is 0 Å². The summed E-state index contributed by atoms with van der Waals surface area (Å²) >= 11 is 0. The van der Waals surface area contributed by atoms with Crippen molar-refractivity contribution in [3.05, 3.63) is 58.6 Å². The molecule has 0 aliphatic carbocycles. The lowest BCUT2D eigenvalue weighted by molar-refractivity contribution is -0.385. The minimum absolute atomic E-state index is 0.226.